The first-order valence-corrected chi connectivity index (χ1v) is 7.76. The SMILES string of the molecule is CC(C(=O)O)c1cccc(NC(=O)CCC2CCOCC2)c1. The summed E-state index contributed by atoms with van der Waals surface area (Å²) in [6.45, 7) is 3.22. The van der Waals surface area contributed by atoms with Crippen LogP contribution in [0.4, 0.5) is 5.69 Å². The molecule has 5 heteroatoms. The summed E-state index contributed by atoms with van der Waals surface area (Å²) in [7, 11) is 0. The Hall–Kier alpha value is -1.88. The topological polar surface area (TPSA) is 75.6 Å². The van der Waals surface area contributed by atoms with Crippen LogP contribution in [0.5, 0.6) is 0 Å². The van der Waals surface area contributed by atoms with Gasteiger partial charge in [-0.15, -0.1) is 0 Å². The third-order valence-corrected chi connectivity index (χ3v) is 4.16. The van der Waals surface area contributed by atoms with Gasteiger partial charge in [0.15, 0.2) is 0 Å². The highest BCUT2D eigenvalue weighted by molar-refractivity contribution is 5.91. The summed E-state index contributed by atoms with van der Waals surface area (Å²) in [5, 5.41) is 11.9. The lowest BCUT2D eigenvalue weighted by molar-refractivity contribution is -0.138. The van der Waals surface area contributed by atoms with Crippen LogP contribution in [0.25, 0.3) is 0 Å². The van der Waals surface area contributed by atoms with Crippen molar-refractivity contribution in [2.24, 2.45) is 5.92 Å². The Balaban J connectivity index is 1.85. The van der Waals surface area contributed by atoms with Gasteiger partial charge in [-0.1, -0.05) is 12.1 Å². The second-order valence-electron chi connectivity index (χ2n) is 5.83. The average Bonchev–Trinajstić information content (AvgIpc) is 2.53. The van der Waals surface area contributed by atoms with Gasteiger partial charge in [0, 0.05) is 25.3 Å². The summed E-state index contributed by atoms with van der Waals surface area (Å²) in [6.07, 6.45) is 3.42. The van der Waals surface area contributed by atoms with Crippen LogP contribution in [0.1, 0.15) is 44.1 Å². The Morgan fingerprint density at radius 3 is 2.77 bits per heavy atom. The molecule has 1 aliphatic rings. The number of carbonyl (C=O) groups is 2. The number of carbonyl (C=O) groups excluding carboxylic acids is 1. The van der Waals surface area contributed by atoms with Crippen LogP contribution in [-0.4, -0.2) is 30.2 Å². The van der Waals surface area contributed by atoms with E-state index in [0.29, 0.717) is 23.6 Å². The molecule has 5 nitrogen and oxygen atoms in total. The maximum atomic E-state index is 12.0. The number of hydrogen-bond acceptors (Lipinski definition) is 3. The van der Waals surface area contributed by atoms with Crippen molar-refractivity contribution in [2.45, 2.75) is 38.5 Å². The summed E-state index contributed by atoms with van der Waals surface area (Å²) in [5.41, 5.74) is 1.34. The highest BCUT2D eigenvalue weighted by Gasteiger charge is 2.16. The Morgan fingerprint density at radius 1 is 1.36 bits per heavy atom. The van der Waals surface area contributed by atoms with Gasteiger partial charge >= 0.3 is 5.97 Å². The van der Waals surface area contributed by atoms with E-state index in [1.807, 2.05) is 0 Å². The van der Waals surface area contributed by atoms with Crippen molar-refractivity contribution >= 4 is 17.6 Å². The summed E-state index contributed by atoms with van der Waals surface area (Å²) in [4.78, 5) is 23.0. The molecule has 0 aliphatic carbocycles. The number of benzene rings is 1. The summed E-state index contributed by atoms with van der Waals surface area (Å²) in [5.74, 6) is -0.911. The highest BCUT2D eigenvalue weighted by Crippen LogP contribution is 2.22. The largest absolute Gasteiger partial charge is 0.481 e. The fraction of sp³-hybridized carbons (Fsp3) is 0.529. The third kappa shape index (κ3) is 4.84. The molecular weight excluding hydrogens is 282 g/mol. The number of ether oxygens (including phenoxy) is 1. The van der Waals surface area contributed by atoms with E-state index in [1.165, 1.54) is 0 Å². The van der Waals surface area contributed by atoms with Gasteiger partial charge in [-0.3, -0.25) is 9.59 Å². The lowest BCUT2D eigenvalue weighted by Gasteiger charge is -2.21. The van der Waals surface area contributed by atoms with Gasteiger partial charge in [-0.2, -0.15) is 0 Å². The van der Waals surface area contributed by atoms with Crippen LogP contribution < -0.4 is 5.32 Å². The minimum absolute atomic E-state index is 0.0216. The molecule has 1 unspecified atom stereocenters. The number of aliphatic carboxylic acids is 1. The monoisotopic (exact) mass is 305 g/mol. The Labute approximate surface area is 130 Å². The van der Waals surface area contributed by atoms with E-state index in [0.717, 1.165) is 32.5 Å². The molecule has 0 aromatic heterocycles. The van der Waals surface area contributed by atoms with E-state index >= 15 is 0 Å². The zero-order valence-corrected chi connectivity index (χ0v) is 12.9. The minimum atomic E-state index is -0.872. The normalized spacial score (nSPS) is 17.0. The van der Waals surface area contributed by atoms with E-state index in [-0.39, 0.29) is 5.91 Å². The van der Waals surface area contributed by atoms with E-state index in [2.05, 4.69) is 5.32 Å². The number of amides is 1. The molecule has 1 aliphatic heterocycles. The third-order valence-electron chi connectivity index (χ3n) is 4.16. The first kappa shape index (κ1) is 16.5. The molecule has 0 bridgehead atoms. The average molecular weight is 305 g/mol. The number of nitrogens with one attached hydrogen (secondary N) is 1. The molecule has 0 spiro atoms. The van der Waals surface area contributed by atoms with Crippen molar-refractivity contribution in [3.05, 3.63) is 29.8 Å². The number of hydrogen-bond donors (Lipinski definition) is 2. The predicted molar refractivity (Wildman–Crippen MR) is 83.9 cm³/mol. The molecule has 1 amide bonds. The lowest BCUT2D eigenvalue weighted by atomic mass is 9.95. The first-order valence-electron chi connectivity index (χ1n) is 7.76. The number of anilines is 1. The molecule has 1 aromatic rings. The maximum absolute atomic E-state index is 12.0. The van der Waals surface area contributed by atoms with Crippen LogP contribution in [0.15, 0.2) is 24.3 Å². The van der Waals surface area contributed by atoms with Gasteiger partial charge in [0.2, 0.25) is 5.91 Å². The second kappa shape index (κ2) is 7.94. The number of carboxylic acid groups (broad SMARTS) is 1. The maximum Gasteiger partial charge on any atom is 0.310 e. The van der Waals surface area contributed by atoms with Crippen LogP contribution in [0.2, 0.25) is 0 Å². The van der Waals surface area contributed by atoms with Crippen molar-refractivity contribution in [3.63, 3.8) is 0 Å². The van der Waals surface area contributed by atoms with E-state index in [4.69, 9.17) is 9.84 Å². The molecule has 120 valence electrons. The summed E-state index contributed by atoms with van der Waals surface area (Å²) in [6, 6.07) is 7.04. The molecule has 0 radical (unpaired) electrons. The van der Waals surface area contributed by atoms with Crippen molar-refractivity contribution in [2.75, 3.05) is 18.5 Å². The van der Waals surface area contributed by atoms with Gasteiger partial charge in [0.25, 0.3) is 0 Å². The van der Waals surface area contributed by atoms with Gasteiger partial charge in [-0.05, 0) is 49.8 Å². The van der Waals surface area contributed by atoms with Crippen molar-refractivity contribution in [3.8, 4) is 0 Å². The molecule has 0 saturated carbocycles. The van der Waals surface area contributed by atoms with Crippen LogP contribution in [0, 0.1) is 5.92 Å². The van der Waals surface area contributed by atoms with Gasteiger partial charge < -0.3 is 15.2 Å². The molecule has 1 fully saturated rings. The smallest absolute Gasteiger partial charge is 0.310 e. The van der Waals surface area contributed by atoms with E-state index in [1.54, 1.807) is 31.2 Å². The van der Waals surface area contributed by atoms with E-state index < -0.39 is 11.9 Å². The fourth-order valence-corrected chi connectivity index (χ4v) is 2.62. The fourth-order valence-electron chi connectivity index (χ4n) is 2.62. The Kier molecular flexibility index (Phi) is 5.95. The standard InChI is InChI=1S/C17H23NO4/c1-12(17(20)21)14-3-2-4-15(11-14)18-16(19)6-5-13-7-9-22-10-8-13/h2-4,11-13H,5-10H2,1H3,(H,18,19)(H,20,21). The van der Waals surface area contributed by atoms with Gasteiger partial charge in [-0.25, -0.2) is 0 Å². The van der Waals surface area contributed by atoms with Crippen LogP contribution in [-0.2, 0) is 14.3 Å². The minimum Gasteiger partial charge on any atom is -0.481 e. The second-order valence-corrected chi connectivity index (χ2v) is 5.83. The van der Waals surface area contributed by atoms with Crippen LogP contribution in [0.3, 0.4) is 0 Å². The summed E-state index contributed by atoms with van der Waals surface area (Å²) < 4.78 is 5.31. The lowest BCUT2D eigenvalue weighted by Crippen LogP contribution is -2.19. The zero-order chi connectivity index (χ0) is 15.9. The highest BCUT2D eigenvalue weighted by atomic mass is 16.5. The molecule has 1 saturated heterocycles. The predicted octanol–water partition coefficient (Wildman–Crippen LogP) is 3.02. The molecular formula is C17H23NO4. The molecule has 2 rings (SSSR count). The summed E-state index contributed by atoms with van der Waals surface area (Å²) >= 11 is 0. The molecule has 1 atom stereocenters. The van der Waals surface area contributed by atoms with Crippen molar-refractivity contribution < 1.29 is 19.4 Å². The first-order chi connectivity index (χ1) is 10.6. The molecule has 1 aromatic carbocycles. The van der Waals surface area contributed by atoms with Gasteiger partial charge in [0.1, 0.15) is 0 Å². The number of carboxylic acids is 1. The molecule has 22 heavy (non-hydrogen) atoms. The molecule has 1 heterocycles. The van der Waals surface area contributed by atoms with Crippen molar-refractivity contribution in [1.82, 2.24) is 0 Å². The van der Waals surface area contributed by atoms with Crippen molar-refractivity contribution in [1.29, 1.82) is 0 Å². The zero-order valence-electron chi connectivity index (χ0n) is 12.9. The quantitative estimate of drug-likeness (QED) is 0.847. The van der Waals surface area contributed by atoms with E-state index in [9.17, 15) is 9.59 Å². The van der Waals surface area contributed by atoms with Crippen LogP contribution >= 0.6 is 0 Å². The van der Waals surface area contributed by atoms with Gasteiger partial charge in [0.05, 0.1) is 5.92 Å². The Morgan fingerprint density at radius 2 is 2.09 bits per heavy atom. The molecule has 2 N–H and O–H groups in total. The number of rotatable bonds is 6. The Bertz CT molecular complexity index is 523.